The van der Waals surface area contributed by atoms with Crippen LogP contribution in [0.15, 0.2) is 11.6 Å². The highest BCUT2D eigenvalue weighted by Gasteiger charge is 1.99. The summed E-state index contributed by atoms with van der Waals surface area (Å²) in [5.41, 5.74) is 1.54. The van der Waals surface area contributed by atoms with Crippen molar-refractivity contribution in [3.8, 4) is 0 Å². The molecule has 0 heterocycles. The van der Waals surface area contributed by atoms with Gasteiger partial charge in [0.05, 0.1) is 0 Å². The van der Waals surface area contributed by atoms with Gasteiger partial charge >= 0.3 is 0 Å². The second kappa shape index (κ2) is 11.7. The lowest BCUT2D eigenvalue weighted by Crippen LogP contribution is -1.93. The van der Waals surface area contributed by atoms with Gasteiger partial charge in [0.2, 0.25) is 0 Å². The number of hydrogen-bond donors (Lipinski definition) is 0. The Balaban J connectivity index is 0. The fourth-order valence-electron chi connectivity index (χ4n) is 1.26. The van der Waals surface area contributed by atoms with E-state index >= 15 is 0 Å². The van der Waals surface area contributed by atoms with Gasteiger partial charge in [-0.15, -0.1) is 0 Å². The summed E-state index contributed by atoms with van der Waals surface area (Å²) in [4.78, 5) is 0. The Labute approximate surface area is 85.4 Å². The summed E-state index contributed by atoms with van der Waals surface area (Å²) >= 11 is 0. The molecule has 80 valence electrons. The first kappa shape index (κ1) is 15.2. The van der Waals surface area contributed by atoms with Gasteiger partial charge in [-0.3, -0.25) is 0 Å². The van der Waals surface area contributed by atoms with Gasteiger partial charge in [0, 0.05) is 0 Å². The monoisotopic (exact) mass is 184 g/mol. The molecule has 0 saturated carbocycles. The second-order valence-electron chi connectivity index (χ2n) is 3.57. The zero-order valence-electron chi connectivity index (χ0n) is 10.5. The molecule has 13 heavy (non-hydrogen) atoms. The van der Waals surface area contributed by atoms with Crippen LogP contribution >= 0.6 is 0 Å². The quantitative estimate of drug-likeness (QED) is 0.515. The van der Waals surface area contributed by atoms with Crippen LogP contribution in [0.3, 0.4) is 0 Å². The smallest absolute Gasteiger partial charge is 0.0321 e. The van der Waals surface area contributed by atoms with E-state index in [2.05, 4.69) is 33.8 Å². The Morgan fingerprint density at radius 2 is 1.77 bits per heavy atom. The van der Waals surface area contributed by atoms with Crippen molar-refractivity contribution < 1.29 is 0 Å². The molecule has 0 amide bonds. The van der Waals surface area contributed by atoms with E-state index < -0.39 is 0 Å². The predicted molar refractivity (Wildman–Crippen MR) is 64.1 cm³/mol. The SMILES string of the molecule is C/C=C(/C)CCC(C)CCC.CC. The van der Waals surface area contributed by atoms with Crippen molar-refractivity contribution in [2.75, 3.05) is 0 Å². The van der Waals surface area contributed by atoms with Crippen LogP contribution in [0.25, 0.3) is 0 Å². The Hall–Kier alpha value is -0.260. The normalized spacial score (nSPS) is 13.2. The highest BCUT2D eigenvalue weighted by Crippen LogP contribution is 2.15. The molecule has 0 N–H and O–H groups in total. The van der Waals surface area contributed by atoms with Crippen LogP contribution in [0.1, 0.15) is 67.2 Å². The van der Waals surface area contributed by atoms with E-state index in [1.807, 2.05) is 13.8 Å². The van der Waals surface area contributed by atoms with Crippen molar-refractivity contribution in [1.29, 1.82) is 0 Å². The first-order valence-electron chi connectivity index (χ1n) is 5.82. The van der Waals surface area contributed by atoms with E-state index in [1.54, 1.807) is 0 Å². The fourth-order valence-corrected chi connectivity index (χ4v) is 1.26. The van der Waals surface area contributed by atoms with Crippen LogP contribution < -0.4 is 0 Å². The molecule has 0 fully saturated rings. The Kier molecular flexibility index (Phi) is 13.7. The highest BCUT2D eigenvalue weighted by atomic mass is 14.1. The van der Waals surface area contributed by atoms with Gasteiger partial charge in [-0.1, -0.05) is 52.2 Å². The number of allylic oxidation sites excluding steroid dienone is 2. The average molecular weight is 184 g/mol. The molecule has 0 aliphatic heterocycles. The van der Waals surface area contributed by atoms with E-state index in [9.17, 15) is 0 Å². The third-order valence-electron chi connectivity index (χ3n) is 2.31. The molecule has 0 spiro atoms. The third kappa shape index (κ3) is 11.7. The van der Waals surface area contributed by atoms with Crippen molar-refractivity contribution in [3.05, 3.63) is 11.6 Å². The average Bonchev–Trinajstić information content (AvgIpc) is 2.18. The maximum atomic E-state index is 2.35. The van der Waals surface area contributed by atoms with E-state index in [4.69, 9.17) is 0 Å². The van der Waals surface area contributed by atoms with Gasteiger partial charge in [0.25, 0.3) is 0 Å². The summed E-state index contributed by atoms with van der Waals surface area (Å²) in [6.07, 6.45) is 7.59. The summed E-state index contributed by atoms with van der Waals surface area (Å²) in [6, 6.07) is 0. The molecule has 0 aromatic heterocycles. The molecule has 0 aromatic rings. The van der Waals surface area contributed by atoms with Gasteiger partial charge in [0.1, 0.15) is 0 Å². The largest absolute Gasteiger partial charge is 0.0887 e. The predicted octanol–water partition coefficient (Wildman–Crippen LogP) is 5.20. The van der Waals surface area contributed by atoms with Crippen LogP contribution in [0.4, 0.5) is 0 Å². The van der Waals surface area contributed by atoms with E-state index in [-0.39, 0.29) is 0 Å². The zero-order valence-corrected chi connectivity index (χ0v) is 10.5. The lowest BCUT2D eigenvalue weighted by molar-refractivity contribution is 0.485. The first-order valence-corrected chi connectivity index (χ1v) is 5.82. The highest BCUT2D eigenvalue weighted by molar-refractivity contribution is 4.95. The van der Waals surface area contributed by atoms with E-state index in [0.717, 1.165) is 5.92 Å². The third-order valence-corrected chi connectivity index (χ3v) is 2.31. The molecule has 0 aromatic carbocycles. The van der Waals surface area contributed by atoms with Gasteiger partial charge in [0.15, 0.2) is 0 Å². The number of rotatable bonds is 5. The van der Waals surface area contributed by atoms with E-state index in [1.165, 1.54) is 31.3 Å². The van der Waals surface area contributed by atoms with Gasteiger partial charge in [-0.2, -0.15) is 0 Å². The van der Waals surface area contributed by atoms with Crippen molar-refractivity contribution in [2.24, 2.45) is 5.92 Å². The molecule has 0 radical (unpaired) electrons. The summed E-state index contributed by atoms with van der Waals surface area (Å²) in [5, 5.41) is 0. The van der Waals surface area contributed by atoms with Crippen molar-refractivity contribution in [3.63, 3.8) is 0 Å². The lowest BCUT2D eigenvalue weighted by Gasteiger charge is -2.08. The van der Waals surface area contributed by atoms with Crippen molar-refractivity contribution in [2.45, 2.75) is 67.2 Å². The fraction of sp³-hybridized carbons (Fsp3) is 0.846. The first-order chi connectivity index (χ1) is 6.20. The molecule has 1 unspecified atom stereocenters. The van der Waals surface area contributed by atoms with E-state index in [0.29, 0.717) is 0 Å². The lowest BCUT2D eigenvalue weighted by atomic mass is 9.98. The van der Waals surface area contributed by atoms with Crippen LogP contribution in [-0.2, 0) is 0 Å². The summed E-state index contributed by atoms with van der Waals surface area (Å²) in [7, 11) is 0. The molecule has 0 saturated heterocycles. The maximum Gasteiger partial charge on any atom is -0.0321 e. The Morgan fingerprint density at radius 3 is 2.15 bits per heavy atom. The van der Waals surface area contributed by atoms with Crippen LogP contribution in [0, 0.1) is 5.92 Å². The Bertz CT molecular complexity index is 111. The molecule has 0 bridgehead atoms. The summed E-state index contributed by atoms with van der Waals surface area (Å²) in [6.45, 7) is 13.0. The van der Waals surface area contributed by atoms with Gasteiger partial charge in [-0.25, -0.2) is 0 Å². The minimum absolute atomic E-state index is 0.912. The van der Waals surface area contributed by atoms with Gasteiger partial charge in [-0.05, 0) is 32.6 Å². The zero-order chi connectivity index (χ0) is 10.7. The minimum atomic E-state index is 0.912. The van der Waals surface area contributed by atoms with Crippen molar-refractivity contribution in [1.82, 2.24) is 0 Å². The molecule has 0 aliphatic carbocycles. The van der Waals surface area contributed by atoms with Crippen LogP contribution in [0.2, 0.25) is 0 Å². The van der Waals surface area contributed by atoms with Crippen LogP contribution in [0.5, 0.6) is 0 Å². The van der Waals surface area contributed by atoms with Gasteiger partial charge < -0.3 is 0 Å². The number of hydrogen-bond acceptors (Lipinski definition) is 0. The molecule has 1 atom stereocenters. The molecule has 0 heteroatoms. The Morgan fingerprint density at radius 1 is 1.23 bits per heavy atom. The topological polar surface area (TPSA) is 0 Å². The molecular weight excluding hydrogens is 156 g/mol. The molecule has 0 aliphatic rings. The summed E-state index contributed by atoms with van der Waals surface area (Å²) in [5.74, 6) is 0.912. The molecular formula is C13H28. The maximum absolute atomic E-state index is 2.35. The summed E-state index contributed by atoms with van der Waals surface area (Å²) < 4.78 is 0. The van der Waals surface area contributed by atoms with Crippen LogP contribution in [-0.4, -0.2) is 0 Å². The standard InChI is InChI=1S/C11H22.C2H6/c1-5-7-11(4)9-8-10(3)6-2;1-2/h6,11H,5,7-9H2,1-4H3;1-2H3/b10-6-;. The minimum Gasteiger partial charge on any atom is -0.0887 e. The van der Waals surface area contributed by atoms with Crippen molar-refractivity contribution >= 4 is 0 Å². The molecule has 0 nitrogen and oxygen atoms in total. The molecule has 0 rings (SSSR count). The second-order valence-corrected chi connectivity index (χ2v) is 3.57.